The SMILES string of the molecule is CCOC(=O)c1c(NC(=O)C(C)Sc2nc(-c3ccco3)c(-c3ccco3)[nH]2)sc2c1CCC(C(C)(C)C)C2. The van der Waals surface area contributed by atoms with E-state index in [0.29, 0.717) is 44.5 Å². The Labute approximate surface area is 235 Å². The number of hydrogen-bond acceptors (Lipinski definition) is 8. The third-order valence-electron chi connectivity index (χ3n) is 7.07. The molecule has 4 aromatic heterocycles. The molecule has 1 amide bonds. The van der Waals surface area contributed by atoms with Gasteiger partial charge in [0.15, 0.2) is 16.7 Å². The molecule has 0 bridgehead atoms. The number of H-pyrrole nitrogens is 1. The van der Waals surface area contributed by atoms with E-state index in [4.69, 9.17) is 18.6 Å². The van der Waals surface area contributed by atoms with Gasteiger partial charge >= 0.3 is 5.97 Å². The number of anilines is 1. The average Bonchev–Trinajstić information content (AvgIpc) is 3.69. The minimum atomic E-state index is -0.499. The highest BCUT2D eigenvalue weighted by molar-refractivity contribution is 8.00. The fraction of sp³-hybridized carbons (Fsp3) is 0.414. The van der Waals surface area contributed by atoms with Gasteiger partial charge in [-0.3, -0.25) is 4.79 Å². The van der Waals surface area contributed by atoms with E-state index >= 15 is 0 Å². The number of fused-ring (bicyclic) bond motifs is 1. The van der Waals surface area contributed by atoms with Crippen molar-refractivity contribution in [3.63, 3.8) is 0 Å². The molecule has 4 heterocycles. The Bertz CT molecular complexity index is 1390. The summed E-state index contributed by atoms with van der Waals surface area (Å²) in [6.45, 7) is 10.7. The van der Waals surface area contributed by atoms with Crippen LogP contribution in [0.2, 0.25) is 0 Å². The van der Waals surface area contributed by atoms with Crippen LogP contribution in [0.25, 0.3) is 22.9 Å². The molecule has 39 heavy (non-hydrogen) atoms. The van der Waals surface area contributed by atoms with E-state index in [9.17, 15) is 9.59 Å². The molecule has 5 rings (SSSR count). The van der Waals surface area contributed by atoms with Gasteiger partial charge in [0.1, 0.15) is 16.4 Å². The Kier molecular flexibility index (Phi) is 7.77. The van der Waals surface area contributed by atoms with Crippen molar-refractivity contribution >= 4 is 40.0 Å². The predicted octanol–water partition coefficient (Wildman–Crippen LogP) is 7.44. The molecule has 206 valence electrons. The normalized spacial score (nSPS) is 16.1. The maximum atomic E-state index is 13.4. The van der Waals surface area contributed by atoms with Gasteiger partial charge in [-0.1, -0.05) is 32.5 Å². The molecular formula is C29H33N3O5S2. The Hall–Kier alpha value is -3.24. The second kappa shape index (κ2) is 11.1. The number of esters is 1. The van der Waals surface area contributed by atoms with Crippen molar-refractivity contribution in [2.24, 2.45) is 11.3 Å². The molecule has 4 aromatic rings. The van der Waals surface area contributed by atoms with Crippen molar-refractivity contribution in [1.82, 2.24) is 9.97 Å². The summed E-state index contributed by atoms with van der Waals surface area (Å²) >= 11 is 2.79. The van der Waals surface area contributed by atoms with Gasteiger partial charge in [0.2, 0.25) is 5.91 Å². The molecule has 0 spiro atoms. The number of thiophene rings is 1. The molecule has 1 aliphatic rings. The molecule has 2 unspecified atom stereocenters. The van der Waals surface area contributed by atoms with Gasteiger partial charge in [-0.05, 0) is 74.3 Å². The molecule has 1 aliphatic carbocycles. The first kappa shape index (κ1) is 27.3. The van der Waals surface area contributed by atoms with Crippen LogP contribution in [0.15, 0.2) is 50.8 Å². The zero-order valence-corrected chi connectivity index (χ0v) is 24.4. The summed E-state index contributed by atoms with van der Waals surface area (Å²) < 4.78 is 16.5. The van der Waals surface area contributed by atoms with E-state index in [1.165, 1.54) is 23.1 Å². The first-order valence-corrected chi connectivity index (χ1v) is 14.8. The summed E-state index contributed by atoms with van der Waals surface area (Å²) in [5.74, 6) is 1.14. The smallest absolute Gasteiger partial charge is 0.341 e. The maximum absolute atomic E-state index is 13.4. The zero-order chi connectivity index (χ0) is 27.7. The van der Waals surface area contributed by atoms with Gasteiger partial charge in [0, 0.05) is 4.88 Å². The van der Waals surface area contributed by atoms with Crippen LogP contribution in [0.5, 0.6) is 0 Å². The molecular weight excluding hydrogens is 534 g/mol. The van der Waals surface area contributed by atoms with Crippen molar-refractivity contribution in [3.05, 3.63) is 52.8 Å². The van der Waals surface area contributed by atoms with Crippen LogP contribution in [0.4, 0.5) is 5.00 Å². The van der Waals surface area contributed by atoms with Crippen molar-refractivity contribution in [2.75, 3.05) is 11.9 Å². The summed E-state index contributed by atoms with van der Waals surface area (Å²) in [4.78, 5) is 35.5. The van der Waals surface area contributed by atoms with Crippen LogP contribution < -0.4 is 5.32 Å². The Morgan fingerprint density at radius 2 is 1.95 bits per heavy atom. The summed E-state index contributed by atoms with van der Waals surface area (Å²) in [6.07, 6.45) is 5.89. The second-order valence-electron chi connectivity index (χ2n) is 10.7. The molecule has 0 saturated carbocycles. The molecule has 8 nitrogen and oxygen atoms in total. The minimum Gasteiger partial charge on any atom is -0.463 e. The molecule has 0 saturated heterocycles. The number of carbonyl (C=O) groups excluding carboxylic acids is 2. The summed E-state index contributed by atoms with van der Waals surface area (Å²) in [5, 5.41) is 3.66. The monoisotopic (exact) mass is 567 g/mol. The van der Waals surface area contributed by atoms with E-state index in [1.54, 1.807) is 31.6 Å². The number of thioether (sulfide) groups is 1. The number of furan rings is 2. The minimum absolute atomic E-state index is 0.173. The number of amides is 1. The number of nitrogens with zero attached hydrogens (tertiary/aromatic N) is 1. The van der Waals surface area contributed by atoms with Gasteiger partial charge in [0.25, 0.3) is 0 Å². The van der Waals surface area contributed by atoms with Gasteiger partial charge < -0.3 is 23.9 Å². The molecule has 0 aromatic carbocycles. The second-order valence-corrected chi connectivity index (χ2v) is 13.1. The molecule has 0 fully saturated rings. The Balaban J connectivity index is 1.37. The van der Waals surface area contributed by atoms with Crippen LogP contribution in [0.3, 0.4) is 0 Å². The highest BCUT2D eigenvalue weighted by atomic mass is 32.2. The molecule has 10 heteroatoms. The fourth-order valence-electron chi connectivity index (χ4n) is 4.86. The number of rotatable bonds is 8. The number of aromatic amines is 1. The van der Waals surface area contributed by atoms with E-state index < -0.39 is 5.25 Å². The molecule has 2 N–H and O–H groups in total. The lowest BCUT2D eigenvalue weighted by molar-refractivity contribution is -0.115. The number of carbonyl (C=O) groups is 2. The van der Waals surface area contributed by atoms with Crippen LogP contribution in [-0.2, 0) is 22.4 Å². The zero-order valence-electron chi connectivity index (χ0n) is 22.8. The molecule has 0 aliphatic heterocycles. The van der Waals surface area contributed by atoms with Crippen molar-refractivity contribution < 1.29 is 23.2 Å². The van der Waals surface area contributed by atoms with Crippen molar-refractivity contribution in [3.8, 4) is 22.9 Å². The largest absolute Gasteiger partial charge is 0.463 e. The topological polar surface area (TPSA) is 110 Å². The third kappa shape index (κ3) is 5.72. The van der Waals surface area contributed by atoms with Crippen LogP contribution in [0, 0.1) is 11.3 Å². The highest BCUT2D eigenvalue weighted by Gasteiger charge is 2.35. The number of aromatic nitrogens is 2. The number of ether oxygens (including phenoxy) is 1. The Morgan fingerprint density at radius 1 is 1.23 bits per heavy atom. The maximum Gasteiger partial charge on any atom is 0.341 e. The van der Waals surface area contributed by atoms with Gasteiger partial charge in [-0.15, -0.1) is 11.3 Å². The van der Waals surface area contributed by atoms with E-state index in [-0.39, 0.29) is 23.9 Å². The van der Waals surface area contributed by atoms with Crippen molar-refractivity contribution in [1.29, 1.82) is 0 Å². The van der Waals surface area contributed by atoms with Crippen LogP contribution >= 0.6 is 23.1 Å². The average molecular weight is 568 g/mol. The summed E-state index contributed by atoms with van der Waals surface area (Å²) in [6, 6.07) is 7.26. The lowest BCUT2D eigenvalue weighted by Gasteiger charge is -2.33. The third-order valence-corrected chi connectivity index (χ3v) is 9.22. The van der Waals surface area contributed by atoms with Gasteiger partial charge in [-0.25, -0.2) is 9.78 Å². The number of imidazole rings is 1. The van der Waals surface area contributed by atoms with Crippen molar-refractivity contribution in [2.45, 2.75) is 64.3 Å². The molecule has 0 radical (unpaired) electrons. The lowest BCUT2D eigenvalue weighted by atomic mass is 9.72. The fourth-order valence-corrected chi connectivity index (χ4v) is 6.99. The highest BCUT2D eigenvalue weighted by Crippen LogP contribution is 2.45. The standard InChI is InChI=1S/C29H33N3O5S2/c1-6-35-27(34)22-18-12-11-17(29(3,4)5)15-21(18)39-26(22)32-25(33)16(2)38-28-30-23(19-9-7-13-36-19)24(31-28)20-10-8-14-37-20/h7-10,13-14,16-17H,6,11-12,15H2,1-5H3,(H,30,31)(H,32,33). The molecule has 2 atom stereocenters. The van der Waals surface area contributed by atoms with E-state index in [1.807, 2.05) is 19.1 Å². The van der Waals surface area contributed by atoms with Crippen LogP contribution in [-0.4, -0.2) is 33.7 Å². The van der Waals surface area contributed by atoms with E-state index in [0.717, 1.165) is 29.7 Å². The van der Waals surface area contributed by atoms with E-state index in [2.05, 4.69) is 31.1 Å². The van der Waals surface area contributed by atoms with Crippen LogP contribution in [0.1, 0.15) is 61.8 Å². The van der Waals surface area contributed by atoms with Gasteiger partial charge in [0.05, 0.1) is 29.9 Å². The lowest BCUT2D eigenvalue weighted by Crippen LogP contribution is -2.27. The number of hydrogen-bond donors (Lipinski definition) is 2. The summed E-state index contributed by atoms with van der Waals surface area (Å²) in [5.41, 5.74) is 2.98. The first-order chi connectivity index (χ1) is 18.7. The first-order valence-electron chi connectivity index (χ1n) is 13.1. The summed E-state index contributed by atoms with van der Waals surface area (Å²) in [7, 11) is 0. The Morgan fingerprint density at radius 3 is 2.59 bits per heavy atom. The number of nitrogens with one attached hydrogen (secondary N) is 2. The van der Waals surface area contributed by atoms with Gasteiger partial charge in [-0.2, -0.15) is 0 Å². The quantitative estimate of drug-likeness (QED) is 0.168. The predicted molar refractivity (Wildman–Crippen MR) is 153 cm³/mol.